The minimum Gasteiger partial charge on any atom is -0.493 e. The van der Waals surface area contributed by atoms with Crippen LogP contribution in [0, 0.1) is 13.8 Å². The number of nitrogens with zero attached hydrogens (tertiary/aromatic N) is 2. The lowest BCUT2D eigenvalue weighted by Crippen LogP contribution is -2.11. The minimum absolute atomic E-state index is 0.185. The van der Waals surface area contributed by atoms with E-state index in [4.69, 9.17) is 4.74 Å². The molecule has 25 heavy (non-hydrogen) atoms. The van der Waals surface area contributed by atoms with E-state index in [2.05, 4.69) is 21.6 Å². The van der Waals surface area contributed by atoms with Crippen molar-refractivity contribution in [1.82, 2.24) is 10.2 Å². The normalized spacial score (nSPS) is 10.5. The number of hydrogen-bond donors (Lipinski definition) is 1. The summed E-state index contributed by atoms with van der Waals surface area (Å²) in [5, 5.41) is 12.2. The largest absolute Gasteiger partial charge is 0.493 e. The van der Waals surface area contributed by atoms with Gasteiger partial charge < -0.3 is 4.74 Å². The van der Waals surface area contributed by atoms with E-state index in [0.29, 0.717) is 23.7 Å². The zero-order valence-corrected chi connectivity index (χ0v) is 15.0. The maximum absolute atomic E-state index is 12.1. The van der Waals surface area contributed by atoms with Crippen molar-refractivity contribution in [3.8, 4) is 5.75 Å². The van der Waals surface area contributed by atoms with Gasteiger partial charge in [0.05, 0.1) is 6.61 Å². The Balaban J connectivity index is 1.52. The molecule has 0 fully saturated rings. The van der Waals surface area contributed by atoms with E-state index in [-0.39, 0.29) is 5.91 Å². The second kappa shape index (κ2) is 7.90. The van der Waals surface area contributed by atoms with Gasteiger partial charge in [0.1, 0.15) is 10.8 Å². The Kier molecular flexibility index (Phi) is 5.40. The van der Waals surface area contributed by atoms with Crippen molar-refractivity contribution in [3.05, 3.63) is 70.2 Å². The molecule has 0 aliphatic carbocycles. The van der Waals surface area contributed by atoms with Crippen LogP contribution in [-0.2, 0) is 6.42 Å². The van der Waals surface area contributed by atoms with E-state index >= 15 is 0 Å². The molecule has 1 heterocycles. The highest BCUT2D eigenvalue weighted by Gasteiger charge is 2.10. The summed E-state index contributed by atoms with van der Waals surface area (Å²) in [5.74, 6) is 0.675. The quantitative estimate of drug-likeness (QED) is 0.727. The fraction of sp³-hybridized carbons (Fsp3) is 0.211. The zero-order valence-electron chi connectivity index (χ0n) is 14.2. The molecular formula is C19H19N3O2S. The second-order valence-electron chi connectivity index (χ2n) is 5.74. The van der Waals surface area contributed by atoms with Gasteiger partial charge in [-0.3, -0.25) is 10.1 Å². The molecule has 0 saturated carbocycles. The molecule has 0 unspecified atom stereocenters. The van der Waals surface area contributed by atoms with Crippen molar-refractivity contribution in [1.29, 1.82) is 0 Å². The first kappa shape index (κ1) is 17.1. The van der Waals surface area contributed by atoms with Crippen LogP contribution in [0.25, 0.3) is 0 Å². The Morgan fingerprint density at radius 2 is 1.80 bits per heavy atom. The summed E-state index contributed by atoms with van der Waals surface area (Å²) in [4.78, 5) is 12.1. The number of aryl methyl sites for hydroxylation is 2. The van der Waals surface area contributed by atoms with Gasteiger partial charge in [0.15, 0.2) is 0 Å². The van der Waals surface area contributed by atoms with Crippen molar-refractivity contribution in [2.45, 2.75) is 20.3 Å². The van der Waals surface area contributed by atoms with Gasteiger partial charge >= 0.3 is 0 Å². The van der Waals surface area contributed by atoms with Crippen LogP contribution in [0.3, 0.4) is 0 Å². The van der Waals surface area contributed by atoms with Crippen LogP contribution in [0.15, 0.2) is 48.5 Å². The fourth-order valence-corrected chi connectivity index (χ4v) is 3.15. The highest BCUT2D eigenvalue weighted by molar-refractivity contribution is 7.15. The van der Waals surface area contributed by atoms with Crippen LogP contribution in [0.5, 0.6) is 5.75 Å². The number of nitrogens with one attached hydrogen (secondary N) is 1. The van der Waals surface area contributed by atoms with E-state index in [1.807, 2.05) is 44.2 Å². The number of carbonyl (C=O) groups is 1. The Bertz CT molecular complexity index is 842. The summed E-state index contributed by atoms with van der Waals surface area (Å²) in [5.41, 5.74) is 2.95. The van der Waals surface area contributed by atoms with Crippen LogP contribution >= 0.6 is 11.3 Å². The summed E-state index contributed by atoms with van der Waals surface area (Å²) in [6.45, 7) is 4.61. The summed E-state index contributed by atoms with van der Waals surface area (Å²) in [6, 6.07) is 15.2. The number of benzene rings is 2. The van der Waals surface area contributed by atoms with Gasteiger partial charge in [0.25, 0.3) is 5.91 Å². The van der Waals surface area contributed by atoms with E-state index in [9.17, 15) is 4.79 Å². The monoisotopic (exact) mass is 353 g/mol. The number of aromatic nitrogens is 2. The highest BCUT2D eigenvalue weighted by Crippen LogP contribution is 2.19. The molecule has 128 valence electrons. The molecule has 0 aliphatic heterocycles. The van der Waals surface area contributed by atoms with E-state index in [1.165, 1.54) is 22.5 Å². The van der Waals surface area contributed by atoms with Gasteiger partial charge in [-0.2, -0.15) is 0 Å². The molecular weight excluding hydrogens is 334 g/mol. The average Bonchev–Trinajstić information content (AvgIpc) is 3.02. The van der Waals surface area contributed by atoms with Gasteiger partial charge in [-0.05, 0) is 49.2 Å². The van der Waals surface area contributed by atoms with E-state index in [0.717, 1.165) is 10.8 Å². The zero-order chi connectivity index (χ0) is 17.6. The summed E-state index contributed by atoms with van der Waals surface area (Å²) in [6.07, 6.45) is 0.645. The van der Waals surface area contributed by atoms with Crippen LogP contribution in [0.4, 0.5) is 5.13 Å². The van der Waals surface area contributed by atoms with Gasteiger partial charge in [-0.1, -0.05) is 35.6 Å². The first-order valence-electron chi connectivity index (χ1n) is 8.00. The molecule has 0 atom stereocenters. The van der Waals surface area contributed by atoms with Crippen molar-refractivity contribution in [3.63, 3.8) is 0 Å². The van der Waals surface area contributed by atoms with Crippen molar-refractivity contribution >= 4 is 22.4 Å². The molecule has 0 bridgehead atoms. The van der Waals surface area contributed by atoms with Crippen LogP contribution in [0.2, 0.25) is 0 Å². The Morgan fingerprint density at radius 1 is 1.08 bits per heavy atom. The first-order chi connectivity index (χ1) is 12.1. The van der Waals surface area contributed by atoms with Crippen molar-refractivity contribution in [2.75, 3.05) is 11.9 Å². The second-order valence-corrected chi connectivity index (χ2v) is 6.81. The van der Waals surface area contributed by atoms with Gasteiger partial charge in [0, 0.05) is 12.0 Å². The molecule has 0 saturated heterocycles. The van der Waals surface area contributed by atoms with Gasteiger partial charge in [0.2, 0.25) is 5.13 Å². The third kappa shape index (κ3) is 4.87. The minimum atomic E-state index is -0.185. The molecule has 2 aromatic carbocycles. The Morgan fingerprint density at radius 3 is 2.52 bits per heavy atom. The maximum atomic E-state index is 12.1. The fourth-order valence-electron chi connectivity index (χ4n) is 2.44. The number of anilines is 1. The lowest BCUT2D eigenvalue weighted by atomic mass is 10.1. The van der Waals surface area contributed by atoms with Crippen LogP contribution in [-0.4, -0.2) is 22.7 Å². The molecule has 5 nitrogen and oxygen atoms in total. The summed E-state index contributed by atoms with van der Waals surface area (Å²) >= 11 is 1.36. The molecule has 0 radical (unpaired) electrons. The number of carbonyl (C=O) groups excluding carboxylic acids is 1. The van der Waals surface area contributed by atoms with E-state index < -0.39 is 0 Å². The van der Waals surface area contributed by atoms with Crippen LogP contribution < -0.4 is 10.1 Å². The molecule has 3 rings (SSSR count). The third-order valence-corrected chi connectivity index (χ3v) is 4.40. The standard InChI is InChI=1S/C19H19N3O2S/c1-13-10-14(2)12-16(11-13)24-9-8-17-21-22-19(25-17)20-18(23)15-6-4-3-5-7-15/h3-7,10-12H,8-9H2,1-2H3,(H,20,22,23). The number of hydrogen-bond acceptors (Lipinski definition) is 5. The topological polar surface area (TPSA) is 64.1 Å². The van der Waals surface area contributed by atoms with Crippen molar-refractivity contribution < 1.29 is 9.53 Å². The summed E-state index contributed by atoms with van der Waals surface area (Å²) < 4.78 is 5.78. The van der Waals surface area contributed by atoms with E-state index in [1.54, 1.807) is 12.1 Å². The molecule has 1 N–H and O–H groups in total. The average molecular weight is 353 g/mol. The number of amides is 1. The lowest BCUT2D eigenvalue weighted by molar-refractivity contribution is 0.102. The lowest BCUT2D eigenvalue weighted by Gasteiger charge is -2.07. The molecule has 6 heteroatoms. The molecule has 0 spiro atoms. The smallest absolute Gasteiger partial charge is 0.257 e. The maximum Gasteiger partial charge on any atom is 0.257 e. The molecule has 0 aliphatic rings. The number of ether oxygens (including phenoxy) is 1. The first-order valence-corrected chi connectivity index (χ1v) is 8.82. The third-order valence-electron chi connectivity index (χ3n) is 3.50. The Hall–Kier alpha value is -2.73. The van der Waals surface area contributed by atoms with Gasteiger partial charge in [-0.15, -0.1) is 10.2 Å². The van der Waals surface area contributed by atoms with Gasteiger partial charge in [-0.25, -0.2) is 0 Å². The van der Waals surface area contributed by atoms with Crippen LogP contribution in [0.1, 0.15) is 26.5 Å². The number of rotatable bonds is 6. The molecule has 1 amide bonds. The molecule has 1 aromatic heterocycles. The predicted molar refractivity (Wildman–Crippen MR) is 99.4 cm³/mol. The highest BCUT2D eigenvalue weighted by atomic mass is 32.1. The SMILES string of the molecule is Cc1cc(C)cc(OCCc2nnc(NC(=O)c3ccccc3)s2)c1. The summed E-state index contributed by atoms with van der Waals surface area (Å²) in [7, 11) is 0. The van der Waals surface area contributed by atoms with Crippen molar-refractivity contribution in [2.24, 2.45) is 0 Å². The Labute approximate surface area is 150 Å². The predicted octanol–water partition coefficient (Wildman–Crippen LogP) is 4.03. The molecule has 3 aromatic rings.